The number of hydrogen-bond acceptors (Lipinski definition) is 8. The summed E-state index contributed by atoms with van der Waals surface area (Å²) in [6.45, 7) is 8.18. The minimum absolute atomic E-state index is 0.119. The van der Waals surface area contributed by atoms with E-state index in [0.717, 1.165) is 57.1 Å². The van der Waals surface area contributed by atoms with Crippen LogP contribution in [-0.4, -0.2) is 46.3 Å². The number of thioether (sulfide) groups is 2. The van der Waals surface area contributed by atoms with Crippen LogP contribution in [0.5, 0.6) is 0 Å². The number of likely N-dealkylation sites (N-methyl/N-ethyl adjacent to an activating group) is 1. The van der Waals surface area contributed by atoms with Crippen LogP contribution in [0, 0.1) is 0 Å². The van der Waals surface area contributed by atoms with Gasteiger partial charge in [0.2, 0.25) is 16.1 Å². The third-order valence-electron chi connectivity index (χ3n) is 6.96. The van der Waals surface area contributed by atoms with Crippen molar-refractivity contribution in [1.82, 2.24) is 0 Å². The Labute approximate surface area is 255 Å². The Morgan fingerprint density at radius 1 is 0.659 bits per heavy atom. The minimum atomic E-state index is -1.03. The molecule has 2 aromatic carbocycles. The van der Waals surface area contributed by atoms with Gasteiger partial charge in [0, 0.05) is 47.7 Å². The lowest BCUT2D eigenvalue weighted by atomic mass is 10.0. The summed E-state index contributed by atoms with van der Waals surface area (Å²) in [4.78, 5) is 45.1. The number of carbonyl (C=O) groups excluding carboxylic acids is 3. The zero-order valence-electron chi connectivity index (χ0n) is 25.1. The number of rotatable bonds is 18. The van der Waals surface area contributed by atoms with Crippen LogP contribution < -0.4 is 21.3 Å². The SMILES string of the molecule is CCCCCCSC(=O)[C@H]([C@H](C(=O)SCCCCCC)N(C(C)=O)c1ccc(N)cc1)N(CC)c1ccc(N)cc1. The number of hydrogen-bond donors (Lipinski definition) is 2. The number of nitrogen functional groups attached to an aromatic ring is 2. The van der Waals surface area contributed by atoms with Crippen molar-refractivity contribution in [2.75, 3.05) is 39.3 Å². The second-order valence-electron chi connectivity index (χ2n) is 10.2. The lowest BCUT2D eigenvalue weighted by molar-refractivity contribution is -0.122. The van der Waals surface area contributed by atoms with E-state index in [-0.39, 0.29) is 16.1 Å². The van der Waals surface area contributed by atoms with Gasteiger partial charge in [0.25, 0.3) is 0 Å². The zero-order chi connectivity index (χ0) is 30.2. The smallest absolute Gasteiger partial charge is 0.224 e. The number of nitrogens with zero attached hydrogens (tertiary/aromatic N) is 2. The average molecular weight is 601 g/mol. The number of carbonyl (C=O) groups is 3. The first-order valence-electron chi connectivity index (χ1n) is 14.9. The van der Waals surface area contributed by atoms with Crippen molar-refractivity contribution in [3.63, 3.8) is 0 Å². The van der Waals surface area contributed by atoms with Gasteiger partial charge >= 0.3 is 0 Å². The Morgan fingerprint density at radius 3 is 1.51 bits per heavy atom. The van der Waals surface area contributed by atoms with Crippen LogP contribution >= 0.6 is 23.5 Å². The van der Waals surface area contributed by atoms with Crippen molar-refractivity contribution in [2.45, 2.75) is 91.1 Å². The van der Waals surface area contributed by atoms with Gasteiger partial charge in [-0.05, 0) is 68.3 Å². The monoisotopic (exact) mass is 600 g/mol. The fourth-order valence-electron chi connectivity index (χ4n) is 4.75. The molecule has 0 radical (unpaired) electrons. The summed E-state index contributed by atoms with van der Waals surface area (Å²) in [5.74, 6) is 1.00. The Kier molecular flexibility index (Phi) is 15.8. The van der Waals surface area contributed by atoms with Crippen LogP contribution in [0.15, 0.2) is 48.5 Å². The first-order valence-corrected chi connectivity index (χ1v) is 16.8. The molecule has 2 aromatic rings. The van der Waals surface area contributed by atoms with Crippen LogP contribution in [0.25, 0.3) is 0 Å². The Morgan fingerprint density at radius 2 is 1.10 bits per heavy atom. The van der Waals surface area contributed by atoms with Gasteiger partial charge in [0.05, 0.1) is 0 Å². The van der Waals surface area contributed by atoms with Crippen molar-refractivity contribution in [3.8, 4) is 0 Å². The molecule has 0 aromatic heterocycles. The third-order valence-corrected chi connectivity index (χ3v) is 8.99. The molecular weight excluding hydrogens is 553 g/mol. The molecule has 41 heavy (non-hydrogen) atoms. The lowest BCUT2D eigenvalue weighted by Crippen LogP contribution is -2.60. The molecule has 0 fully saturated rings. The maximum absolute atomic E-state index is 14.2. The first kappa shape index (κ1) is 34.6. The molecule has 0 aliphatic rings. The predicted molar refractivity (Wildman–Crippen MR) is 179 cm³/mol. The zero-order valence-corrected chi connectivity index (χ0v) is 26.8. The molecule has 2 rings (SSSR count). The second kappa shape index (κ2) is 18.7. The number of anilines is 4. The molecule has 0 aliphatic heterocycles. The van der Waals surface area contributed by atoms with E-state index in [1.807, 2.05) is 24.0 Å². The molecule has 0 aliphatic carbocycles. The van der Waals surface area contributed by atoms with E-state index >= 15 is 0 Å². The van der Waals surface area contributed by atoms with Crippen molar-refractivity contribution in [1.29, 1.82) is 0 Å². The van der Waals surface area contributed by atoms with Crippen LogP contribution in [0.1, 0.15) is 79.1 Å². The fraction of sp³-hybridized carbons (Fsp3) is 0.531. The summed E-state index contributed by atoms with van der Waals surface area (Å²) in [7, 11) is 0. The van der Waals surface area contributed by atoms with E-state index in [2.05, 4.69) is 13.8 Å². The minimum Gasteiger partial charge on any atom is -0.399 e. The summed E-state index contributed by atoms with van der Waals surface area (Å²) in [5.41, 5.74) is 14.4. The van der Waals surface area contributed by atoms with E-state index in [1.54, 1.807) is 36.4 Å². The highest BCUT2D eigenvalue weighted by atomic mass is 32.2. The van der Waals surface area contributed by atoms with Gasteiger partial charge in [-0.25, -0.2) is 0 Å². The van der Waals surface area contributed by atoms with Gasteiger partial charge in [-0.15, -0.1) is 0 Å². The van der Waals surface area contributed by atoms with Crippen LogP contribution in [-0.2, 0) is 14.4 Å². The normalized spacial score (nSPS) is 12.5. The molecule has 9 heteroatoms. The molecule has 0 heterocycles. The van der Waals surface area contributed by atoms with E-state index in [0.29, 0.717) is 35.1 Å². The molecule has 0 saturated carbocycles. The number of amides is 1. The highest BCUT2D eigenvalue weighted by Crippen LogP contribution is 2.32. The van der Waals surface area contributed by atoms with Gasteiger partial charge in [0.15, 0.2) is 0 Å². The Hall–Kier alpha value is -2.65. The summed E-state index contributed by atoms with van der Waals surface area (Å²) in [6.07, 6.45) is 8.37. The van der Waals surface area contributed by atoms with E-state index in [1.165, 1.54) is 35.3 Å². The second-order valence-corrected chi connectivity index (χ2v) is 12.4. The Balaban J connectivity index is 2.59. The maximum Gasteiger partial charge on any atom is 0.224 e. The maximum atomic E-state index is 14.2. The van der Waals surface area contributed by atoms with Crippen molar-refractivity contribution >= 4 is 62.4 Å². The quantitative estimate of drug-likeness (QED) is 0.137. The third kappa shape index (κ3) is 10.9. The average Bonchev–Trinajstić information content (AvgIpc) is 2.95. The van der Waals surface area contributed by atoms with E-state index in [4.69, 9.17) is 11.5 Å². The van der Waals surface area contributed by atoms with Crippen molar-refractivity contribution in [2.24, 2.45) is 0 Å². The predicted octanol–water partition coefficient (Wildman–Crippen LogP) is 7.15. The molecule has 0 spiro atoms. The van der Waals surface area contributed by atoms with Gasteiger partial charge < -0.3 is 16.4 Å². The summed E-state index contributed by atoms with van der Waals surface area (Å²) in [5, 5.41) is -0.306. The number of unbranched alkanes of at least 4 members (excludes halogenated alkanes) is 6. The largest absolute Gasteiger partial charge is 0.399 e. The molecule has 0 bridgehead atoms. The topological polar surface area (TPSA) is 110 Å². The highest BCUT2D eigenvalue weighted by molar-refractivity contribution is 8.14. The summed E-state index contributed by atoms with van der Waals surface area (Å²) in [6, 6.07) is 12.3. The van der Waals surface area contributed by atoms with Crippen LogP contribution in [0.2, 0.25) is 0 Å². The van der Waals surface area contributed by atoms with Gasteiger partial charge in [-0.1, -0.05) is 75.9 Å². The molecule has 0 saturated heterocycles. The molecule has 2 atom stereocenters. The van der Waals surface area contributed by atoms with Crippen molar-refractivity contribution < 1.29 is 14.4 Å². The van der Waals surface area contributed by atoms with Gasteiger partial charge in [0.1, 0.15) is 12.1 Å². The fourth-order valence-corrected chi connectivity index (χ4v) is 6.69. The highest BCUT2D eigenvalue weighted by Gasteiger charge is 2.43. The molecule has 226 valence electrons. The molecule has 4 N–H and O–H groups in total. The van der Waals surface area contributed by atoms with Gasteiger partial charge in [-0.2, -0.15) is 0 Å². The van der Waals surface area contributed by atoms with Gasteiger partial charge in [-0.3, -0.25) is 19.3 Å². The van der Waals surface area contributed by atoms with Crippen LogP contribution in [0.4, 0.5) is 22.7 Å². The molecule has 0 unspecified atom stereocenters. The summed E-state index contributed by atoms with van der Waals surface area (Å²) >= 11 is 2.48. The standard InChI is InChI=1S/C32H48N4O3S2/c1-5-8-10-12-22-40-31(38)29(35(7-3)27-18-14-25(33)15-19-27)30(32(39)41-23-13-11-9-6-2)36(24(4)37)28-20-16-26(34)17-21-28/h14-21,29-30H,5-13,22-23,33-34H2,1-4H3/t29-,30+/m0/s1. The lowest BCUT2D eigenvalue weighted by Gasteiger charge is -2.41. The number of benzene rings is 2. The number of nitrogens with two attached hydrogens (primary N) is 2. The summed E-state index contributed by atoms with van der Waals surface area (Å²) < 4.78 is 0. The molecular formula is C32H48N4O3S2. The van der Waals surface area contributed by atoms with E-state index in [9.17, 15) is 14.4 Å². The van der Waals surface area contributed by atoms with Crippen LogP contribution in [0.3, 0.4) is 0 Å². The Bertz CT molecular complexity index is 1080. The van der Waals surface area contributed by atoms with Crippen molar-refractivity contribution in [3.05, 3.63) is 48.5 Å². The first-order chi connectivity index (χ1) is 19.7. The molecule has 1 amide bonds. The molecule has 7 nitrogen and oxygen atoms in total. The van der Waals surface area contributed by atoms with E-state index < -0.39 is 12.1 Å².